The Morgan fingerprint density at radius 1 is 1.17 bits per heavy atom. The third-order valence-corrected chi connectivity index (χ3v) is 5.66. The third-order valence-electron chi connectivity index (χ3n) is 5.66. The molecule has 4 nitrogen and oxygen atoms in total. The lowest BCUT2D eigenvalue weighted by atomic mass is 9.83. The van der Waals surface area contributed by atoms with E-state index in [2.05, 4.69) is 17.4 Å². The summed E-state index contributed by atoms with van der Waals surface area (Å²) in [4.78, 5) is 26.7. The predicted molar refractivity (Wildman–Crippen MR) is 94.4 cm³/mol. The number of aryl methyl sites for hydroxylation is 1. The maximum Gasteiger partial charge on any atom is 0.225 e. The van der Waals surface area contributed by atoms with E-state index in [-0.39, 0.29) is 23.8 Å². The highest BCUT2D eigenvalue weighted by Gasteiger charge is 2.38. The van der Waals surface area contributed by atoms with Gasteiger partial charge in [-0.05, 0) is 37.7 Å². The van der Waals surface area contributed by atoms with E-state index >= 15 is 0 Å². The molecule has 0 aromatic heterocycles. The summed E-state index contributed by atoms with van der Waals surface area (Å²) < 4.78 is 0. The first kappa shape index (κ1) is 17.0. The average molecular weight is 328 g/mol. The summed E-state index contributed by atoms with van der Waals surface area (Å²) in [5, 5.41) is 3.16. The normalized spacial score (nSPS) is 25.1. The summed E-state index contributed by atoms with van der Waals surface area (Å²) in [5.41, 5.74) is 2.24. The molecule has 2 amide bonds. The number of nitrogens with zero attached hydrogens (tertiary/aromatic N) is 1. The van der Waals surface area contributed by atoms with Crippen LogP contribution < -0.4 is 5.32 Å². The van der Waals surface area contributed by atoms with Gasteiger partial charge in [0.05, 0.1) is 12.0 Å². The Kier molecular flexibility index (Phi) is 5.22. The fraction of sp³-hybridized carbons (Fsp3) is 0.600. The molecule has 1 saturated heterocycles. The van der Waals surface area contributed by atoms with Crippen molar-refractivity contribution >= 4 is 11.8 Å². The summed E-state index contributed by atoms with van der Waals surface area (Å²) in [7, 11) is 1.82. The molecule has 4 heteroatoms. The van der Waals surface area contributed by atoms with Crippen molar-refractivity contribution in [1.82, 2.24) is 10.2 Å². The molecule has 1 aliphatic heterocycles. The number of carbonyl (C=O) groups is 2. The Hall–Kier alpha value is -1.84. The van der Waals surface area contributed by atoms with E-state index in [0.717, 1.165) is 12.1 Å². The summed E-state index contributed by atoms with van der Waals surface area (Å²) in [5.74, 6) is 0.707. The number of nitrogens with one attached hydrogen (secondary N) is 1. The predicted octanol–water partition coefficient (Wildman–Crippen LogP) is 3.21. The van der Waals surface area contributed by atoms with Gasteiger partial charge in [-0.25, -0.2) is 0 Å². The minimum Gasteiger partial charge on any atom is -0.356 e. The zero-order chi connectivity index (χ0) is 17.1. The molecule has 2 atom stereocenters. The molecule has 1 aromatic carbocycles. The van der Waals surface area contributed by atoms with Gasteiger partial charge in [-0.2, -0.15) is 0 Å². The lowest BCUT2D eigenvalue weighted by Crippen LogP contribution is -2.47. The summed E-state index contributed by atoms with van der Waals surface area (Å²) in [6.45, 7) is 2.83. The van der Waals surface area contributed by atoms with Gasteiger partial charge in [-0.3, -0.25) is 9.59 Å². The van der Waals surface area contributed by atoms with Crippen LogP contribution in [0, 0.1) is 18.8 Å². The SMILES string of the molecule is Cc1ccc([C@@H]2[C@@H](C(=O)NCC3CCCC3)CCC(=O)N2C)cc1. The van der Waals surface area contributed by atoms with Gasteiger partial charge in [0.15, 0.2) is 0 Å². The van der Waals surface area contributed by atoms with E-state index in [1.807, 2.05) is 26.1 Å². The van der Waals surface area contributed by atoms with Crippen molar-refractivity contribution in [2.45, 2.75) is 51.5 Å². The zero-order valence-electron chi connectivity index (χ0n) is 14.8. The summed E-state index contributed by atoms with van der Waals surface area (Å²) >= 11 is 0. The van der Waals surface area contributed by atoms with Crippen molar-refractivity contribution in [2.75, 3.05) is 13.6 Å². The maximum absolute atomic E-state index is 12.8. The van der Waals surface area contributed by atoms with Crippen molar-refractivity contribution in [3.8, 4) is 0 Å². The Bertz CT molecular complexity index is 590. The van der Waals surface area contributed by atoms with E-state index < -0.39 is 0 Å². The maximum atomic E-state index is 12.8. The molecule has 1 aliphatic carbocycles. The molecule has 2 fully saturated rings. The molecular weight excluding hydrogens is 300 g/mol. The van der Waals surface area contributed by atoms with Gasteiger partial charge in [0.2, 0.25) is 11.8 Å². The topological polar surface area (TPSA) is 49.4 Å². The zero-order valence-corrected chi connectivity index (χ0v) is 14.8. The van der Waals surface area contributed by atoms with Crippen molar-refractivity contribution in [3.05, 3.63) is 35.4 Å². The van der Waals surface area contributed by atoms with Crippen molar-refractivity contribution in [2.24, 2.45) is 11.8 Å². The first-order valence-corrected chi connectivity index (χ1v) is 9.16. The van der Waals surface area contributed by atoms with Gasteiger partial charge in [0.25, 0.3) is 0 Å². The summed E-state index contributed by atoms with van der Waals surface area (Å²) in [6.07, 6.45) is 6.12. The molecule has 3 rings (SSSR count). The number of benzene rings is 1. The Balaban J connectivity index is 1.74. The minimum atomic E-state index is -0.157. The molecule has 1 heterocycles. The van der Waals surface area contributed by atoms with Gasteiger partial charge in [-0.1, -0.05) is 42.7 Å². The van der Waals surface area contributed by atoms with E-state index in [0.29, 0.717) is 18.8 Å². The van der Waals surface area contributed by atoms with Crippen LogP contribution in [-0.2, 0) is 9.59 Å². The molecule has 0 bridgehead atoms. The van der Waals surface area contributed by atoms with E-state index in [9.17, 15) is 9.59 Å². The second-order valence-corrected chi connectivity index (χ2v) is 7.40. The number of carbonyl (C=O) groups excluding carboxylic acids is 2. The standard InChI is InChI=1S/C20H28N2O2/c1-14-7-9-16(10-8-14)19-17(11-12-18(23)22(19)2)20(24)21-13-15-5-3-4-6-15/h7-10,15,17,19H,3-6,11-13H2,1-2H3,(H,21,24)/t17-,19+/m0/s1. The molecule has 0 radical (unpaired) electrons. The smallest absolute Gasteiger partial charge is 0.225 e. The largest absolute Gasteiger partial charge is 0.356 e. The number of amides is 2. The van der Waals surface area contributed by atoms with Crippen molar-refractivity contribution in [3.63, 3.8) is 0 Å². The highest BCUT2D eigenvalue weighted by atomic mass is 16.2. The van der Waals surface area contributed by atoms with Gasteiger partial charge < -0.3 is 10.2 Å². The van der Waals surface area contributed by atoms with Gasteiger partial charge >= 0.3 is 0 Å². The first-order valence-electron chi connectivity index (χ1n) is 9.16. The second-order valence-electron chi connectivity index (χ2n) is 7.40. The Morgan fingerprint density at radius 3 is 2.50 bits per heavy atom. The van der Waals surface area contributed by atoms with Crippen LogP contribution >= 0.6 is 0 Å². The van der Waals surface area contributed by atoms with E-state index in [1.165, 1.54) is 31.2 Å². The van der Waals surface area contributed by atoms with Crippen LogP contribution in [0.2, 0.25) is 0 Å². The van der Waals surface area contributed by atoms with Crippen molar-refractivity contribution < 1.29 is 9.59 Å². The van der Waals surface area contributed by atoms with Crippen LogP contribution in [0.3, 0.4) is 0 Å². The molecule has 0 unspecified atom stereocenters. The number of likely N-dealkylation sites (tertiary alicyclic amines) is 1. The van der Waals surface area contributed by atoms with Crippen LogP contribution in [0.15, 0.2) is 24.3 Å². The molecule has 2 aliphatic rings. The number of hydrogen-bond donors (Lipinski definition) is 1. The Morgan fingerprint density at radius 2 is 1.83 bits per heavy atom. The van der Waals surface area contributed by atoms with Gasteiger partial charge in [0.1, 0.15) is 0 Å². The van der Waals surface area contributed by atoms with Crippen LogP contribution in [0.4, 0.5) is 0 Å². The quantitative estimate of drug-likeness (QED) is 0.922. The summed E-state index contributed by atoms with van der Waals surface area (Å²) in [6, 6.07) is 8.04. The Labute approximate surface area is 144 Å². The fourth-order valence-electron chi connectivity index (χ4n) is 4.12. The average Bonchev–Trinajstić information content (AvgIpc) is 3.09. The van der Waals surface area contributed by atoms with Crippen LogP contribution in [0.1, 0.15) is 55.7 Å². The molecule has 1 saturated carbocycles. The van der Waals surface area contributed by atoms with Crippen LogP contribution in [0.25, 0.3) is 0 Å². The van der Waals surface area contributed by atoms with Gasteiger partial charge in [0, 0.05) is 20.0 Å². The molecule has 130 valence electrons. The third kappa shape index (κ3) is 3.63. The van der Waals surface area contributed by atoms with E-state index in [4.69, 9.17) is 0 Å². The van der Waals surface area contributed by atoms with Gasteiger partial charge in [-0.15, -0.1) is 0 Å². The van der Waals surface area contributed by atoms with E-state index in [1.54, 1.807) is 4.90 Å². The molecular formula is C20H28N2O2. The second kappa shape index (κ2) is 7.37. The lowest BCUT2D eigenvalue weighted by molar-refractivity contribution is -0.141. The number of hydrogen-bond acceptors (Lipinski definition) is 2. The highest BCUT2D eigenvalue weighted by molar-refractivity contribution is 5.84. The van der Waals surface area contributed by atoms with Crippen LogP contribution in [-0.4, -0.2) is 30.3 Å². The molecule has 0 spiro atoms. The fourth-order valence-corrected chi connectivity index (χ4v) is 4.12. The molecule has 1 N–H and O–H groups in total. The lowest BCUT2D eigenvalue weighted by Gasteiger charge is -2.38. The molecule has 1 aromatic rings. The number of piperidine rings is 1. The molecule has 24 heavy (non-hydrogen) atoms. The number of rotatable bonds is 4. The monoisotopic (exact) mass is 328 g/mol. The first-order chi connectivity index (χ1) is 11.6. The minimum absolute atomic E-state index is 0.104. The van der Waals surface area contributed by atoms with Crippen LogP contribution in [0.5, 0.6) is 0 Å². The van der Waals surface area contributed by atoms with Crippen molar-refractivity contribution in [1.29, 1.82) is 0 Å². The highest BCUT2D eigenvalue weighted by Crippen LogP contribution is 2.36.